The summed E-state index contributed by atoms with van der Waals surface area (Å²) in [6.45, 7) is 6.79. The third-order valence-corrected chi connectivity index (χ3v) is 5.23. The van der Waals surface area contributed by atoms with Gasteiger partial charge in [0.1, 0.15) is 5.82 Å². The van der Waals surface area contributed by atoms with Gasteiger partial charge in [0.2, 0.25) is 5.91 Å². The number of nitrogens with zero attached hydrogens (tertiary/aromatic N) is 2. The Hall–Kier alpha value is -1.92. The molecule has 1 saturated heterocycles. The van der Waals surface area contributed by atoms with Crippen LogP contribution in [0.2, 0.25) is 0 Å². The second kappa shape index (κ2) is 8.64. The molecule has 2 aromatic rings. The van der Waals surface area contributed by atoms with Crippen LogP contribution in [0.4, 0.5) is 10.1 Å². The molecular weight excluding hydrogens is 397 g/mol. The summed E-state index contributed by atoms with van der Waals surface area (Å²) in [5, 5.41) is 2.81. The summed E-state index contributed by atoms with van der Waals surface area (Å²) in [4.78, 5) is 15.7. The van der Waals surface area contributed by atoms with Gasteiger partial charge in [-0.25, -0.2) is 4.39 Å². The van der Waals surface area contributed by atoms with Crippen LogP contribution in [0.3, 0.4) is 0 Å². The third-order valence-electron chi connectivity index (χ3n) is 4.59. The molecule has 138 valence electrons. The van der Waals surface area contributed by atoms with Gasteiger partial charge in [-0.3, -0.25) is 9.69 Å². The molecule has 1 fully saturated rings. The van der Waals surface area contributed by atoms with Crippen LogP contribution in [0.5, 0.6) is 0 Å². The molecule has 0 atom stereocenters. The van der Waals surface area contributed by atoms with Crippen LogP contribution < -0.4 is 10.2 Å². The summed E-state index contributed by atoms with van der Waals surface area (Å²) in [6.07, 6.45) is 0. The van der Waals surface area contributed by atoms with Crippen LogP contribution in [0, 0.1) is 5.82 Å². The maximum absolute atomic E-state index is 13.3. The highest BCUT2D eigenvalue weighted by Crippen LogP contribution is 2.28. The minimum absolute atomic E-state index is 0.0141. The molecule has 0 aliphatic carbocycles. The fraction of sp³-hybridized carbons (Fsp3) is 0.350. The monoisotopic (exact) mass is 419 g/mol. The van der Waals surface area contributed by atoms with Gasteiger partial charge in [-0.15, -0.1) is 0 Å². The van der Waals surface area contributed by atoms with E-state index in [0.29, 0.717) is 6.54 Å². The zero-order valence-corrected chi connectivity index (χ0v) is 16.4. The van der Waals surface area contributed by atoms with E-state index >= 15 is 0 Å². The van der Waals surface area contributed by atoms with E-state index in [1.54, 1.807) is 0 Å². The van der Waals surface area contributed by atoms with Crippen molar-refractivity contribution in [2.24, 2.45) is 0 Å². The molecule has 3 rings (SSSR count). The van der Waals surface area contributed by atoms with Crippen molar-refractivity contribution in [3.63, 3.8) is 0 Å². The lowest BCUT2D eigenvalue weighted by Gasteiger charge is -2.36. The van der Waals surface area contributed by atoms with Crippen molar-refractivity contribution in [1.29, 1.82) is 0 Å². The van der Waals surface area contributed by atoms with Gasteiger partial charge < -0.3 is 10.2 Å². The van der Waals surface area contributed by atoms with Crippen LogP contribution >= 0.6 is 15.9 Å². The molecule has 4 nitrogen and oxygen atoms in total. The van der Waals surface area contributed by atoms with Gasteiger partial charge in [0.25, 0.3) is 0 Å². The Morgan fingerprint density at radius 3 is 2.35 bits per heavy atom. The van der Waals surface area contributed by atoms with Crippen LogP contribution in [0.1, 0.15) is 18.1 Å². The summed E-state index contributed by atoms with van der Waals surface area (Å²) < 4.78 is 14.1. The standard InChI is InChI=1S/C20H23BrFN3O/c1-15(26)23-13-16-2-4-17(5-3-16)14-24-8-10-25(11-9-24)20-7-6-18(22)12-19(20)21/h2-7,12H,8-11,13-14H2,1H3,(H,23,26). The van der Waals surface area contributed by atoms with E-state index in [2.05, 4.69) is 55.3 Å². The maximum Gasteiger partial charge on any atom is 0.217 e. The summed E-state index contributed by atoms with van der Waals surface area (Å²) in [5.41, 5.74) is 3.43. The lowest BCUT2D eigenvalue weighted by Crippen LogP contribution is -2.46. The van der Waals surface area contributed by atoms with Crippen molar-refractivity contribution in [2.45, 2.75) is 20.0 Å². The molecule has 0 saturated carbocycles. The number of carbonyl (C=O) groups is 1. The fourth-order valence-electron chi connectivity index (χ4n) is 3.13. The van der Waals surface area contributed by atoms with Gasteiger partial charge >= 0.3 is 0 Å². The minimum atomic E-state index is -0.221. The van der Waals surface area contributed by atoms with E-state index < -0.39 is 0 Å². The predicted molar refractivity (Wildman–Crippen MR) is 106 cm³/mol. The van der Waals surface area contributed by atoms with Crippen molar-refractivity contribution >= 4 is 27.5 Å². The molecule has 1 amide bonds. The molecule has 6 heteroatoms. The van der Waals surface area contributed by atoms with E-state index in [0.717, 1.165) is 48.4 Å². The van der Waals surface area contributed by atoms with E-state index in [4.69, 9.17) is 0 Å². The Balaban J connectivity index is 1.51. The van der Waals surface area contributed by atoms with E-state index in [1.165, 1.54) is 24.6 Å². The Labute approximate surface area is 162 Å². The second-order valence-electron chi connectivity index (χ2n) is 6.59. The highest BCUT2D eigenvalue weighted by atomic mass is 79.9. The lowest BCUT2D eigenvalue weighted by molar-refractivity contribution is -0.119. The van der Waals surface area contributed by atoms with Gasteiger partial charge in [0.15, 0.2) is 0 Å². The summed E-state index contributed by atoms with van der Waals surface area (Å²) in [6, 6.07) is 13.2. The molecule has 0 radical (unpaired) electrons. The molecule has 1 aliphatic heterocycles. The van der Waals surface area contributed by atoms with Gasteiger partial charge in [-0.1, -0.05) is 24.3 Å². The summed E-state index contributed by atoms with van der Waals surface area (Å²) in [7, 11) is 0. The minimum Gasteiger partial charge on any atom is -0.368 e. The first-order valence-corrected chi connectivity index (χ1v) is 9.55. The number of nitrogens with one attached hydrogen (secondary N) is 1. The highest BCUT2D eigenvalue weighted by molar-refractivity contribution is 9.10. The van der Waals surface area contributed by atoms with Crippen molar-refractivity contribution in [2.75, 3.05) is 31.1 Å². The number of amides is 1. The molecule has 2 aromatic carbocycles. The Kier molecular flexibility index (Phi) is 6.27. The highest BCUT2D eigenvalue weighted by Gasteiger charge is 2.19. The molecular formula is C20H23BrFN3O. The molecule has 1 N–H and O–H groups in total. The average molecular weight is 420 g/mol. The van der Waals surface area contributed by atoms with Gasteiger partial charge in [0.05, 0.1) is 5.69 Å². The molecule has 0 unspecified atom stereocenters. The summed E-state index contributed by atoms with van der Waals surface area (Å²) in [5.74, 6) is -0.235. The lowest BCUT2D eigenvalue weighted by atomic mass is 10.1. The van der Waals surface area contributed by atoms with Crippen molar-refractivity contribution in [1.82, 2.24) is 10.2 Å². The first kappa shape index (κ1) is 18.9. The van der Waals surface area contributed by atoms with Crippen LogP contribution in [-0.2, 0) is 17.9 Å². The third kappa shape index (κ3) is 5.05. The predicted octanol–water partition coefficient (Wildman–Crippen LogP) is 3.55. The topological polar surface area (TPSA) is 35.6 Å². The summed E-state index contributed by atoms with van der Waals surface area (Å²) >= 11 is 3.46. The number of piperazine rings is 1. The maximum atomic E-state index is 13.3. The van der Waals surface area contributed by atoms with Crippen LogP contribution in [0.15, 0.2) is 46.9 Å². The largest absolute Gasteiger partial charge is 0.368 e. The Morgan fingerprint density at radius 1 is 1.08 bits per heavy atom. The fourth-order valence-corrected chi connectivity index (χ4v) is 3.73. The van der Waals surface area contributed by atoms with Crippen molar-refractivity contribution < 1.29 is 9.18 Å². The number of benzene rings is 2. The molecule has 0 aromatic heterocycles. The molecule has 26 heavy (non-hydrogen) atoms. The van der Waals surface area contributed by atoms with Crippen molar-refractivity contribution in [3.8, 4) is 0 Å². The Bertz CT molecular complexity index is 758. The van der Waals surface area contributed by atoms with E-state index in [-0.39, 0.29) is 11.7 Å². The van der Waals surface area contributed by atoms with Crippen LogP contribution in [-0.4, -0.2) is 37.0 Å². The molecule has 1 aliphatic rings. The first-order valence-electron chi connectivity index (χ1n) is 8.76. The zero-order chi connectivity index (χ0) is 18.5. The SMILES string of the molecule is CC(=O)NCc1ccc(CN2CCN(c3ccc(F)cc3Br)CC2)cc1. The van der Waals surface area contributed by atoms with E-state index in [1.807, 2.05) is 6.07 Å². The number of hydrogen-bond donors (Lipinski definition) is 1. The average Bonchev–Trinajstić information content (AvgIpc) is 2.62. The normalized spacial score (nSPS) is 15.1. The zero-order valence-electron chi connectivity index (χ0n) is 14.8. The number of halogens is 2. The number of anilines is 1. The first-order chi connectivity index (χ1) is 12.5. The van der Waals surface area contributed by atoms with Gasteiger partial charge in [0, 0.05) is 50.7 Å². The number of rotatable bonds is 5. The number of hydrogen-bond acceptors (Lipinski definition) is 3. The van der Waals surface area contributed by atoms with Gasteiger partial charge in [-0.2, -0.15) is 0 Å². The smallest absolute Gasteiger partial charge is 0.217 e. The molecule has 0 bridgehead atoms. The van der Waals surface area contributed by atoms with Gasteiger partial charge in [-0.05, 0) is 45.3 Å². The van der Waals surface area contributed by atoms with E-state index in [9.17, 15) is 9.18 Å². The Morgan fingerprint density at radius 2 is 1.73 bits per heavy atom. The second-order valence-corrected chi connectivity index (χ2v) is 7.44. The van der Waals surface area contributed by atoms with Crippen molar-refractivity contribution in [3.05, 3.63) is 63.9 Å². The molecule has 1 heterocycles. The van der Waals surface area contributed by atoms with Crippen LogP contribution in [0.25, 0.3) is 0 Å². The molecule has 0 spiro atoms. The quantitative estimate of drug-likeness (QED) is 0.804. The number of carbonyl (C=O) groups excluding carboxylic acids is 1.